The first kappa shape index (κ1) is 10.6. The highest BCUT2D eigenvalue weighted by Gasteiger charge is 2.31. The third kappa shape index (κ3) is 2.02. The van der Waals surface area contributed by atoms with Crippen LogP contribution in [0.5, 0.6) is 0 Å². The van der Waals surface area contributed by atoms with Gasteiger partial charge in [0.2, 0.25) is 0 Å². The van der Waals surface area contributed by atoms with Crippen LogP contribution in [-0.4, -0.2) is 16.3 Å². The van der Waals surface area contributed by atoms with Crippen LogP contribution in [0.15, 0.2) is 23.1 Å². The molecule has 0 amide bonds. The number of rotatable bonds is 2. The van der Waals surface area contributed by atoms with E-state index in [1.165, 1.54) is 16.0 Å². The summed E-state index contributed by atoms with van der Waals surface area (Å²) in [6.45, 7) is 4.15. The van der Waals surface area contributed by atoms with Crippen molar-refractivity contribution in [3.8, 4) is 0 Å². The van der Waals surface area contributed by atoms with Gasteiger partial charge in [0, 0.05) is 16.1 Å². The van der Waals surface area contributed by atoms with Crippen LogP contribution >= 0.6 is 11.8 Å². The van der Waals surface area contributed by atoms with Crippen LogP contribution in [0, 0.1) is 6.92 Å². The highest BCUT2D eigenvalue weighted by Crippen LogP contribution is 2.46. The van der Waals surface area contributed by atoms with Crippen LogP contribution in [0.1, 0.15) is 30.4 Å². The van der Waals surface area contributed by atoms with Crippen molar-refractivity contribution < 1.29 is 9.90 Å². The van der Waals surface area contributed by atoms with Gasteiger partial charge in [-0.3, -0.25) is 4.79 Å². The maximum absolute atomic E-state index is 10.8. The number of carbonyl (C=O) groups is 1. The molecular formula is C12H14O2S. The Morgan fingerprint density at radius 3 is 2.93 bits per heavy atom. The van der Waals surface area contributed by atoms with Gasteiger partial charge in [0.15, 0.2) is 0 Å². The number of hydrogen-bond acceptors (Lipinski definition) is 2. The molecule has 0 aliphatic carbocycles. The van der Waals surface area contributed by atoms with E-state index in [0.29, 0.717) is 5.25 Å². The van der Waals surface area contributed by atoms with Crippen molar-refractivity contribution in [3.05, 3.63) is 29.3 Å². The molecule has 2 atom stereocenters. The van der Waals surface area contributed by atoms with E-state index >= 15 is 0 Å². The second-order valence-corrected chi connectivity index (χ2v) is 5.49. The number of aryl methyl sites for hydroxylation is 1. The van der Waals surface area contributed by atoms with Crippen LogP contribution < -0.4 is 0 Å². The summed E-state index contributed by atoms with van der Waals surface area (Å²) in [4.78, 5) is 12.0. The van der Waals surface area contributed by atoms with Gasteiger partial charge in [-0.1, -0.05) is 24.6 Å². The van der Waals surface area contributed by atoms with Crippen LogP contribution in [0.2, 0.25) is 0 Å². The molecule has 0 radical (unpaired) electrons. The third-order valence-corrected chi connectivity index (χ3v) is 4.16. The van der Waals surface area contributed by atoms with Crippen molar-refractivity contribution in [2.45, 2.75) is 36.3 Å². The maximum atomic E-state index is 10.8. The second-order valence-electron chi connectivity index (χ2n) is 4.07. The zero-order chi connectivity index (χ0) is 11.0. The molecule has 0 aromatic heterocycles. The molecule has 2 nitrogen and oxygen atoms in total. The van der Waals surface area contributed by atoms with Gasteiger partial charge in [-0.15, -0.1) is 11.8 Å². The van der Waals surface area contributed by atoms with Crippen molar-refractivity contribution in [2.75, 3.05) is 0 Å². The van der Waals surface area contributed by atoms with Gasteiger partial charge in [-0.2, -0.15) is 0 Å². The molecule has 0 fully saturated rings. The summed E-state index contributed by atoms with van der Waals surface area (Å²) < 4.78 is 0. The first-order valence-corrected chi connectivity index (χ1v) is 5.95. The lowest BCUT2D eigenvalue weighted by molar-refractivity contribution is -0.137. The quantitative estimate of drug-likeness (QED) is 0.835. The Morgan fingerprint density at radius 2 is 2.27 bits per heavy atom. The van der Waals surface area contributed by atoms with Crippen molar-refractivity contribution in [3.63, 3.8) is 0 Å². The van der Waals surface area contributed by atoms with Gasteiger partial charge in [-0.05, 0) is 18.6 Å². The van der Waals surface area contributed by atoms with Crippen LogP contribution in [0.25, 0.3) is 0 Å². The van der Waals surface area contributed by atoms with E-state index in [2.05, 4.69) is 25.1 Å². The smallest absolute Gasteiger partial charge is 0.304 e. The second kappa shape index (κ2) is 3.89. The van der Waals surface area contributed by atoms with Crippen LogP contribution in [0.3, 0.4) is 0 Å². The average molecular weight is 222 g/mol. The Hall–Kier alpha value is -0.960. The van der Waals surface area contributed by atoms with Crippen molar-refractivity contribution in [2.24, 2.45) is 0 Å². The number of benzene rings is 1. The Bertz CT molecular complexity index is 401. The van der Waals surface area contributed by atoms with E-state index < -0.39 is 5.97 Å². The SMILES string of the molecule is Cc1ccc2c(c1)C(CC(=O)O)C(C)S2. The van der Waals surface area contributed by atoms with Gasteiger partial charge in [-0.25, -0.2) is 0 Å². The Kier molecular flexibility index (Phi) is 2.74. The van der Waals surface area contributed by atoms with E-state index in [1.807, 2.05) is 6.92 Å². The number of carboxylic acid groups (broad SMARTS) is 1. The fourth-order valence-electron chi connectivity index (χ4n) is 2.06. The molecule has 0 spiro atoms. The first-order chi connectivity index (χ1) is 7.08. The van der Waals surface area contributed by atoms with Crippen molar-refractivity contribution in [1.29, 1.82) is 0 Å². The van der Waals surface area contributed by atoms with Gasteiger partial charge in [0.05, 0.1) is 6.42 Å². The normalized spacial score (nSPS) is 23.9. The topological polar surface area (TPSA) is 37.3 Å². The molecule has 1 aliphatic heterocycles. The minimum atomic E-state index is -0.707. The van der Waals surface area contributed by atoms with Crippen LogP contribution in [0.4, 0.5) is 0 Å². The van der Waals surface area contributed by atoms with E-state index in [-0.39, 0.29) is 12.3 Å². The summed E-state index contributed by atoms with van der Waals surface area (Å²) in [7, 11) is 0. The summed E-state index contributed by atoms with van der Waals surface area (Å²) in [5, 5.41) is 9.25. The molecule has 1 aromatic carbocycles. The maximum Gasteiger partial charge on any atom is 0.304 e. The Balaban J connectivity index is 2.35. The molecule has 2 unspecified atom stereocenters. The molecule has 15 heavy (non-hydrogen) atoms. The van der Waals surface area contributed by atoms with Gasteiger partial charge >= 0.3 is 5.97 Å². The summed E-state index contributed by atoms with van der Waals surface area (Å²) in [5.41, 5.74) is 2.42. The highest BCUT2D eigenvalue weighted by atomic mass is 32.2. The van der Waals surface area contributed by atoms with Crippen LogP contribution in [-0.2, 0) is 4.79 Å². The lowest BCUT2D eigenvalue weighted by Crippen LogP contribution is -2.11. The van der Waals surface area contributed by atoms with Gasteiger partial charge in [0.1, 0.15) is 0 Å². The van der Waals surface area contributed by atoms with Crippen molar-refractivity contribution >= 4 is 17.7 Å². The standard InChI is InChI=1S/C12H14O2S/c1-7-3-4-11-10(5-7)9(6-12(13)14)8(2)15-11/h3-5,8-9H,6H2,1-2H3,(H,13,14). The zero-order valence-corrected chi connectivity index (χ0v) is 9.67. The van der Waals surface area contributed by atoms with Gasteiger partial charge < -0.3 is 5.11 Å². The lowest BCUT2D eigenvalue weighted by atomic mass is 9.92. The number of aliphatic carboxylic acids is 1. The Morgan fingerprint density at radius 1 is 1.53 bits per heavy atom. The summed E-state index contributed by atoms with van der Waals surface area (Å²) in [5.74, 6) is -0.538. The fraction of sp³-hybridized carbons (Fsp3) is 0.417. The third-order valence-electron chi connectivity index (χ3n) is 2.84. The number of fused-ring (bicyclic) bond motifs is 1. The monoisotopic (exact) mass is 222 g/mol. The molecule has 1 aliphatic rings. The van der Waals surface area contributed by atoms with Crippen molar-refractivity contribution in [1.82, 2.24) is 0 Å². The van der Waals surface area contributed by atoms with Gasteiger partial charge in [0.25, 0.3) is 0 Å². The predicted molar refractivity (Wildman–Crippen MR) is 61.5 cm³/mol. The number of thioether (sulfide) groups is 1. The van der Waals surface area contributed by atoms with E-state index in [0.717, 1.165) is 0 Å². The lowest BCUT2D eigenvalue weighted by Gasteiger charge is -2.12. The molecule has 3 heteroatoms. The number of hydrogen-bond donors (Lipinski definition) is 1. The largest absolute Gasteiger partial charge is 0.481 e. The summed E-state index contributed by atoms with van der Waals surface area (Å²) in [6, 6.07) is 6.31. The number of carboxylic acids is 1. The first-order valence-electron chi connectivity index (χ1n) is 5.07. The molecule has 0 saturated carbocycles. The van der Waals surface area contributed by atoms with E-state index in [4.69, 9.17) is 5.11 Å². The molecule has 1 N–H and O–H groups in total. The molecule has 0 bridgehead atoms. The van der Waals surface area contributed by atoms with E-state index in [1.54, 1.807) is 11.8 Å². The fourth-order valence-corrected chi connectivity index (χ4v) is 3.36. The molecular weight excluding hydrogens is 208 g/mol. The molecule has 1 heterocycles. The molecule has 1 aromatic rings. The summed E-state index contributed by atoms with van der Waals surface area (Å²) in [6.07, 6.45) is 0.241. The minimum absolute atomic E-state index is 0.169. The molecule has 0 saturated heterocycles. The highest BCUT2D eigenvalue weighted by molar-refractivity contribution is 8.00. The zero-order valence-electron chi connectivity index (χ0n) is 8.86. The minimum Gasteiger partial charge on any atom is -0.481 e. The predicted octanol–water partition coefficient (Wildman–Crippen LogP) is 3.05. The molecule has 2 rings (SSSR count). The molecule has 80 valence electrons. The Labute approximate surface area is 93.7 Å². The van der Waals surface area contributed by atoms with E-state index in [9.17, 15) is 4.79 Å². The average Bonchev–Trinajstić information content (AvgIpc) is 2.43. The summed E-state index contributed by atoms with van der Waals surface area (Å²) >= 11 is 1.79.